The van der Waals surface area contributed by atoms with Gasteiger partial charge >= 0.3 is 6.18 Å². The molecule has 9 heteroatoms. The van der Waals surface area contributed by atoms with E-state index < -0.39 is 12.0 Å². The van der Waals surface area contributed by atoms with E-state index in [9.17, 15) is 13.2 Å². The van der Waals surface area contributed by atoms with Crippen LogP contribution in [0, 0.1) is 0 Å². The number of benzene rings is 1. The van der Waals surface area contributed by atoms with Gasteiger partial charge in [-0.25, -0.2) is 0 Å². The van der Waals surface area contributed by atoms with Gasteiger partial charge in [-0.2, -0.15) is 17.7 Å². The molecule has 0 aliphatic carbocycles. The van der Waals surface area contributed by atoms with Gasteiger partial charge in [0.15, 0.2) is 11.5 Å². The van der Waals surface area contributed by atoms with Crippen molar-refractivity contribution in [2.24, 2.45) is 0 Å². The van der Waals surface area contributed by atoms with E-state index in [-0.39, 0.29) is 11.5 Å². The minimum Gasteiger partial charge on any atom is -0.372 e. The molecule has 4 rings (SSSR count). The largest absolute Gasteiger partial charge is 0.453 e. The maximum atomic E-state index is 12.9. The fourth-order valence-electron chi connectivity index (χ4n) is 3.09. The second kappa shape index (κ2) is 6.47. The van der Waals surface area contributed by atoms with Crippen LogP contribution in [-0.2, 0) is 6.18 Å². The van der Waals surface area contributed by atoms with Crippen LogP contribution in [0.1, 0.15) is 25.1 Å². The Morgan fingerprint density at radius 2 is 1.62 bits per heavy atom. The van der Waals surface area contributed by atoms with Crippen LogP contribution in [0.25, 0.3) is 5.65 Å². The number of fused-ring (bicyclic) bond motifs is 1. The molecule has 0 unspecified atom stereocenters. The van der Waals surface area contributed by atoms with E-state index in [1.54, 1.807) is 6.07 Å². The molecular formula is C17H17F3N6. The summed E-state index contributed by atoms with van der Waals surface area (Å²) in [5.74, 6) is -0.856. The quantitative estimate of drug-likeness (QED) is 0.766. The Bertz CT molecular complexity index is 897. The van der Waals surface area contributed by atoms with E-state index in [2.05, 4.69) is 25.5 Å². The Hall–Kier alpha value is -2.84. The first-order valence-electron chi connectivity index (χ1n) is 8.42. The van der Waals surface area contributed by atoms with Crippen LogP contribution in [0.15, 0.2) is 36.4 Å². The molecule has 1 aliphatic rings. The molecule has 26 heavy (non-hydrogen) atoms. The highest BCUT2D eigenvalue weighted by Crippen LogP contribution is 2.28. The molecule has 0 spiro atoms. The highest BCUT2D eigenvalue weighted by molar-refractivity contribution is 5.61. The van der Waals surface area contributed by atoms with E-state index in [0.29, 0.717) is 4.52 Å². The number of aromatic nitrogens is 4. The average molecular weight is 362 g/mol. The first-order chi connectivity index (χ1) is 12.5. The zero-order valence-electron chi connectivity index (χ0n) is 13.9. The zero-order chi connectivity index (χ0) is 18.1. The maximum Gasteiger partial charge on any atom is 0.453 e. The molecule has 1 fully saturated rings. The van der Waals surface area contributed by atoms with Crippen molar-refractivity contribution in [2.75, 3.05) is 23.3 Å². The second-order valence-electron chi connectivity index (χ2n) is 6.23. The predicted molar refractivity (Wildman–Crippen MR) is 91.6 cm³/mol. The lowest BCUT2D eigenvalue weighted by atomic mass is 10.1. The summed E-state index contributed by atoms with van der Waals surface area (Å²) < 4.78 is 39.5. The normalized spacial score (nSPS) is 15.4. The lowest BCUT2D eigenvalue weighted by Gasteiger charge is -2.28. The summed E-state index contributed by atoms with van der Waals surface area (Å²) in [6, 6.07) is 10.8. The smallest absolute Gasteiger partial charge is 0.372 e. The molecule has 1 aliphatic heterocycles. The van der Waals surface area contributed by atoms with Crippen molar-refractivity contribution in [3.8, 4) is 0 Å². The molecule has 0 atom stereocenters. The van der Waals surface area contributed by atoms with Crippen LogP contribution in [0.5, 0.6) is 0 Å². The predicted octanol–water partition coefficient (Wildman–Crippen LogP) is 3.88. The second-order valence-corrected chi connectivity index (χ2v) is 6.23. The molecule has 0 radical (unpaired) electrons. The van der Waals surface area contributed by atoms with E-state index in [1.165, 1.54) is 25.3 Å². The van der Waals surface area contributed by atoms with Crippen LogP contribution in [0.2, 0.25) is 0 Å². The van der Waals surface area contributed by atoms with Gasteiger partial charge in [-0.05, 0) is 55.7 Å². The Kier molecular flexibility index (Phi) is 4.14. The number of piperidine rings is 1. The molecule has 0 bridgehead atoms. The molecule has 1 aromatic carbocycles. The first kappa shape index (κ1) is 16.6. The number of rotatable bonds is 3. The Morgan fingerprint density at radius 1 is 0.885 bits per heavy atom. The summed E-state index contributed by atoms with van der Waals surface area (Å²) in [7, 11) is 0. The highest BCUT2D eigenvalue weighted by Gasteiger charge is 2.37. The van der Waals surface area contributed by atoms with Crippen molar-refractivity contribution in [1.82, 2.24) is 19.8 Å². The Morgan fingerprint density at radius 3 is 2.31 bits per heavy atom. The Balaban J connectivity index is 1.55. The summed E-state index contributed by atoms with van der Waals surface area (Å²) in [6.45, 7) is 2.11. The van der Waals surface area contributed by atoms with E-state index in [1.807, 2.05) is 24.3 Å². The van der Waals surface area contributed by atoms with Gasteiger partial charge in [-0.3, -0.25) is 0 Å². The van der Waals surface area contributed by atoms with Crippen LogP contribution in [0.3, 0.4) is 0 Å². The lowest BCUT2D eigenvalue weighted by Crippen LogP contribution is -2.29. The molecular weight excluding hydrogens is 345 g/mol. The molecule has 0 saturated carbocycles. The Labute approximate surface area is 147 Å². The standard InChI is InChI=1S/C17H17F3N6/c18-17(19,20)16-23-22-15-9-8-14(24-26(15)16)21-12-4-6-13(7-5-12)25-10-2-1-3-11-25/h4-9H,1-3,10-11H2,(H,21,24). The summed E-state index contributed by atoms with van der Waals surface area (Å²) >= 11 is 0. The van der Waals surface area contributed by atoms with Crippen molar-refractivity contribution in [2.45, 2.75) is 25.4 Å². The number of nitrogens with one attached hydrogen (secondary N) is 1. The van der Waals surface area contributed by atoms with E-state index >= 15 is 0 Å². The fraction of sp³-hybridized carbons (Fsp3) is 0.353. The van der Waals surface area contributed by atoms with Crippen LogP contribution in [-0.4, -0.2) is 32.9 Å². The molecule has 136 valence electrons. The van der Waals surface area contributed by atoms with Gasteiger partial charge in [0.25, 0.3) is 5.82 Å². The fourth-order valence-corrected chi connectivity index (χ4v) is 3.09. The van der Waals surface area contributed by atoms with Gasteiger partial charge < -0.3 is 10.2 Å². The highest BCUT2D eigenvalue weighted by atomic mass is 19.4. The summed E-state index contributed by atoms with van der Waals surface area (Å²) in [4.78, 5) is 2.34. The van der Waals surface area contributed by atoms with Crippen molar-refractivity contribution in [1.29, 1.82) is 0 Å². The zero-order valence-corrected chi connectivity index (χ0v) is 13.9. The molecule has 2 aromatic heterocycles. The van der Waals surface area contributed by atoms with Gasteiger partial charge in [0.2, 0.25) is 0 Å². The SMILES string of the molecule is FC(F)(F)c1nnc2ccc(Nc3ccc(N4CCCCC4)cc3)nn12. The van der Waals surface area contributed by atoms with Crippen LogP contribution < -0.4 is 10.2 Å². The van der Waals surface area contributed by atoms with Gasteiger partial charge in [-0.15, -0.1) is 15.3 Å². The summed E-state index contributed by atoms with van der Waals surface area (Å²) in [5, 5.41) is 13.6. The van der Waals surface area contributed by atoms with Crippen LogP contribution >= 0.6 is 0 Å². The van der Waals surface area contributed by atoms with Gasteiger partial charge in [0, 0.05) is 24.5 Å². The third-order valence-corrected chi connectivity index (χ3v) is 4.38. The van der Waals surface area contributed by atoms with Crippen LogP contribution in [0.4, 0.5) is 30.4 Å². The number of halogens is 3. The molecule has 1 saturated heterocycles. The summed E-state index contributed by atoms with van der Waals surface area (Å²) in [6.07, 6.45) is -0.941. The molecule has 3 aromatic rings. The number of nitrogens with zero attached hydrogens (tertiary/aromatic N) is 5. The maximum absolute atomic E-state index is 12.9. The number of alkyl halides is 3. The average Bonchev–Trinajstić information content (AvgIpc) is 3.07. The minimum atomic E-state index is -4.61. The van der Waals surface area contributed by atoms with E-state index in [4.69, 9.17) is 0 Å². The third kappa shape index (κ3) is 3.29. The lowest BCUT2D eigenvalue weighted by molar-refractivity contribution is -0.146. The molecule has 0 amide bonds. The minimum absolute atomic E-state index is 0.0447. The van der Waals surface area contributed by atoms with Crippen molar-refractivity contribution in [3.63, 3.8) is 0 Å². The number of anilines is 3. The summed E-state index contributed by atoms with van der Waals surface area (Å²) in [5.41, 5.74) is 1.94. The molecule has 3 heterocycles. The molecule has 6 nitrogen and oxygen atoms in total. The van der Waals surface area contributed by atoms with E-state index in [0.717, 1.165) is 24.5 Å². The molecule has 1 N–H and O–H groups in total. The van der Waals surface area contributed by atoms with Gasteiger partial charge in [0.05, 0.1) is 0 Å². The topological polar surface area (TPSA) is 58.4 Å². The van der Waals surface area contributed by atoms with Gasteiger partial charge in [-0.1, -0.05) is 0 Å². The number of hydrogen-bond acceptors (Lipinski definition) is 5. The van der Waals surface area contributed by atoms with Gasteiger partial charge in [0.1, 0.15) is 0 Å². The van der Waals surface area contributed by atoms with Crippen molar-refractivity contribution < 1.29 is 13.2 Å². The van der Waals surface area contributed by atoms with Crippen molar-refractivity contribution in [3.05, 3.63) is 42.2 Å². The third-order valence-electron chi connectivity index (χ3n) is 4.38. The monoisotopic (exact) mass is 362 g/mol. The first-order valence-corrected chi connectivity index (χ1v) is 8.42. The number of hydrogen-bond donors (Lipinski definition) is 1. The van der Waals surface area contributed by atoms with Crippen molar-refractivity contribution >= 4 is 22.8 Å².